The number of likely N-dealkylation sites (tertiary alicyclic amines) is 1. The van der Waals surface area contributed by atoms with E-state index in [0.717, 1.165) is 38.8 Å². The number of hydrogen-bond donors (Lipinski definition) is 1. The van der Waals surface area contributed by atoms with Crippen LogP contribution < -0.4 is 5.32 Å². The molecule has 0 radical (unpaired) electrons. The molecule has 2 saturated heterocycles. The van der Waals surface area contributed by atoms with E-state index in [9.17, 15) is 0 Å². The highest BCUT2D eigenvalue weighted by molar-refractivity contribution is 5.80. The van der Waals surface area contributed by atoms with Gasteiger partial charge in [-0.2, -0.15) is 0 Å². The molecule has 0 aromatic heterocycles. The van der Waals surface area contributed by atoms with Crippen LogP contribution in [0.25, 0.3) is 0 Å². The minimum atomic E-state index is 0.249. The lowest BCUT2D eigenvalue weighted by Crippen LogP contribution is -2.41. The predicted octanol–water partition coefficient (Wildman–Crippen LogP) is 3.19. The highest BCUT2D eigenvalue weighted by atomic mass is 16.5. The first-order chi connectivity index (χ1) is 12.6. The van der Waals surface area contributed by atoms with Crippen LogP contribution in [0.5, 0.6) is 0 Å². The number of ether oxygens (including phenoxy) is 2. The highest BCUT2D eigenvalue weighted by Gasteiger charge is 2.42. The second-order valence-corrected chi connectivity index (χ2v) is 7.82. The third kappa shape index (κ3) is 4.98. The van der Waals surface area contributed by atoms with E-state index in [1.54, 1.807) is 0 Å². The third-order valence-corrected chi connectivity index (χ3v) is 5.24. The predicted molar refractivity (Wildman–Crippen MR) is 105 cm³/mol. The van der Waals surface area contributed by atoms with Gasteiger partial charge in [0.15, 0.2) is 5.96 Å². The first-order valence-corrected chi connectivity index (χ1v) is 9.91. The molecule has 1 atom stereocenters. The average molecular weight is 360 g/mol. The van der Waals surface area contributed by atoms with Crippen molar-refractivity contribution in [2.45, 2.75) is 52.9 Å². The molecule has 0 bridgehead atoms. The van der Waals surface area contributed by atoms with Crippen molar-refractivity contribution in [2.24, 2.45) is 10.4 Å². The lowest BCUT2D eigenvalue weighted by Gasteiger charge is -2.25. The van der Waals surface area contributed by atoms with Crippen molar-refractivity contribution in [1.29, 1.82) is 0 Å². The molecule has 26 heavy (non-hydrogen) atoms. The van der Waals surface area contributed by atoms with Gasteiger partial charge in [0.2, 0.25) is 0 Å². The minimum absolute atomic E-state index is 0.249. The fraction of sp³-hybridized carbons (Fsp3) is 0.667. The Hall–Kier alpha value is -1.59. The van der Waals surface area contributed by atoms with Gasteiger partial charge in [-0.15, -0.1) is 0 Å². The van der Waals surface area contributed by atoms with Crippen molar-refractivity contribution >= 4 is 5.96 Å². The maximum Gasteiger partial charge on any atom is 0.194 e. The van der Waals surface area contributed by atoms with Gasteiger partial charge >= 0.3 is 0 Å². The molecule has 1 spiro atoms. The Morgan fingerprint density at radius 2 is 2.19 bits per heavy atom. The van der Waals surface area contributed by atoms with Crippen molar-refractivity contribution < 1.29 is 9.47 Å². The van der Waals surface area contributed by atoms with E-state index in [1.165, 1.54) is 24.0 Å². The molecule has 5 heteroatoms. The summed E-state index contributed by atoms with van der Waals surface area (Å²) in [6.07, 6.45) is 2.64. The molecule has 1 aromatic rings. The van der Waals surface area contributed by atoms with Gasteiger partial charge in [0.25, 0.3) is 0 Å². The Morgan fingerprint density at radius 1 is 1.35 bits per heavy atom. The van der Waals surface area contributed by atoms with Crippen LogP contribution in [0, 0.1) is 5.41 Å². The zero-order chi connectivity index (χ0) is 18.4. The molecule has 0 amide bonds. The summed E-state index contributed by atoms with van der Waals surface area (Å²) < 4.78 is 11.4. The van der Waals surface area contributed by atoms with Gasteiger partial charge in [0.1, 0.15) is 0 Å². The zero-order valence-corrected chi connectivity index (χ0v) is 16.5. The summed E-state index contributed by atoms with van der Waals surface area (Å²) in [5.74, 6) is 1.03. The van der Waals surface area contributed by atoms with E-state index in [-0.39, 0.29) is 6.10 Å². The second kappa shape index (κ2) is 8.87. The Balaban J connectivity index is 1.63. The van der Waals surface area contributed by atoms with Gasteiger partial charge in [-0.1, -0.05) is 24.3 Å². The largest absolute Gasteiger partial charge is 0.381 e. The van der Waals surface area contributed by atoms with E-state index in [1.807, 2.05) is 0 Å². The maximum atomic E-state index is 5.71. The summed E-state index contributed by atoms with van der Waals surface area (Å²) in [6.45, 7) is 12.4. The monoisotopic (exact) mass is 359 g/mol. The molecular formula is C21H33N3O2. The molecule has 144 valence electrons. The first kappa shape index (κ1) is 19.2. The van der Waals surface area contributed by atoms with Crippen LogP contribution >= 0.6 is 0 Å². The van der Waals surface area contributed by atoms with Crippen LogP contribution in [-0.2, 0) is 22.6 Å². The smallest absolute Gasteiger partial charge is 0.194 e. The van der Waals surface area contributed by atoms with E-state index >= 15 is 0 Å². The van der Waals surface area contributed by atoms with Crippen molar-refractivity contribution in [1.82, 2.24) is 10.2 Å². The van der Waals surface area contributed by atoms with Gasteiger partial charge in [0, 0.05) is 31.7 Å². The fourth-order valence-electron chi connectivity index (χ4n) is 3.76. The number of nitrogens with one attached hydrogen (secondary N) is 1. The van der Waals surface area contributed by atoms with E-state index in [2.05, 4.69) is 55.3 Å². The standard InChI is InChI=1S/C21H33N3O2/c1-4-22-20(24-10-8-21(15-24)9-11-25-16-21)23-13-18-6-5-7-19(12-18)14-26-17(2)3/h5-7,12,17H,4,8-11,13-16H2,1-3H3,(H,22,23). The Morgan fingerprint density at radius 3 is 2.92 bits per heavy atom. The average Bonchev–Trinajstić information content (AvgIpc) is 3.27. The summed E-state index contributed by atoms with van der Waals surface area (Å²) in [6, 6.07) is 8.55. The lowest BCUT2D eigenvalue weighted by molar-refractivity contribution is 0.0657. The number of rotatable bonds is 6. The second-order valence-electron chi connectivity index (χ2n) is 7.82. The van der Waals surface area contributed by atoms with Crippen molar-refractivity contribution in [2.75, 3.05) is 32.8 Å². The molecular weight excluding hydrogens is 326 g/mol. The molecule has 1 aromatic carbocycles. The van der Waals surface area contributed by atoms with Gasteiger partial charge in [-0.3, -0.25) is 0 Å². The topological polar surface area (TPSA) is 46.1 Å². The van der Waals surface area contributed by atoms with Gasteiger partial charge in [0.05, 0.1) is 25.9 Å². The molecule has 1 unspecified atom stereocenters. The third-order valence-electron chi connectivity index (χ3n) is 5.24. The van der Waals surface area contributed by atoms with Crippen LogP contribution in [0.4, 0.5) is 0 Å². The fourth-order valence-corrected chi connectivity index (χ4v) is 3.76. The number of hydrogen-bond acceptors (Lipinski definition) is 3. The van der Waals surface area contributed by atoms with Crippen molar-refractivity contribution in [3.05, 3.63) is 35.4 Å². The van der Waals surface area contributed by atoms with Crippen molar-refractivity contribution in [3.8, 4) is 0 Å². The molecule has 1 N–H and O–H groups in total. The van der Waals surface area contributed by atoms with Crippen LogP contribution in [0.15, 0.2) is 29.3 Å². The number of guanidine groups is 1. The molecule has 2 heterocycles. The van der Waals surface area contributed by atoms with E-state index < -0.39 is 0 Å². The molecule has 2 aliphatic heterocycles. The van der Waals surface area contributed by atoms with Gasteiger partial charge in [-0.25, -0.2) is 4.99 Å². The van der Waals surface area contributed by atoms with Gasteiger partial charge in [-0.05, 0) is 44.7 Å². The van der Waals surface area contributed by atoms with Crippen LogP contribution in [0.2, 0.25) is 0 Å². The molecule has 5 nitrogen and oxygen atoms in total. The van der Waals surface area contributed by atoms with E-state index in [0.29, 0.717) is 18.6 Å². The normalized spacial score (nSPS) is 23.4. The Bertz CT molecular complexity index is 609. The van der Waals surface area contributed by atoms with E-state index in [4.69, 9.17) is 14.5 Å². The first-order valence-electron chi connectivity index (χ1n) is 9.91. The molecule has 0 aliphatic carbocycles. The molecule has 0 saturated carbocycles. The summed E-state index contributed by atoms with van der Waals surface area (Å²) in [4.78, 5) is 7.31. The molecule has 2 aliphatic rings. The maximum absolute atomic E-state index is 5.71. The Kier molecular flexibility index (Phi) is 6.54. The highest BCUT2D eigenvalue weighted by Crippen LogP contribution is 2.38. The summed E-state index contributed by atoms with van der Waals surface area (Å²) in [7, 11) is 0. The summed E-state index contributed by atoms with van der Waals surface area (Å²) in [5.41, 5.74) is 2.78. The number of benzene rings is 1. The molecule has 2 fully saturated rings. The molecule has 3 rings (SSSR count). The van der Waals surface area contributed by atoms with Crippen LogP contribution in [0.1, 0.15) is 44.7 Å². The quantitative estimate of drug-likeness (QED) is 0.626. The number of nitrogens with zero attached hydrogens (tertiary/aromatic N) is 2. The SMILES string of the molecule is CCNC(=NCc1cccc(COC(C)C)c1)N1CCC2(CCOC2)C1. The van der Waals surface area contributed by atoms with Crippen molar-refractivity contribution in [3.63, 3.8) is 0 Å². The lowest BCUT2D eigenvalue weighted by atomic mass is 9.87. The summed E-state index contributed by atoms with van der Waals surface area (Å²) in [5, 5.41) is 3.47. The Labute approximate surface area is 157 Å². The summed E-state index contributed by atoms with van der Waals surface area (Å²) >= 11 is 0. The van der Waals surface area contributed by atoms with Crippen LogP contribution in [-0.4, -0.2) is 49.8 Å². The van der Waals surface area contributed by atoms with Crippen LogP contribution in [0.3, 0.4) is 0 Å². The minimum Gasteiger partial charge on any atom is -0.381 e. The number of aliphatic imine (C=N–C) groups is 1. The van der Waals surface area contributed by atoms with Gasteiger partial charge < -0.3 is 19.7 Å². The zero-order valence-electron chi connectivity index (χ0n) is 16.5.